The fourth-order valence-corrected chi connectivity index (χ4v) is 16.1. The number of halogens is 6. The minimum absolute atomic E-state index is 0. The fraction of sp³-hybridized carbons (Fsp3) is 0.809. The Hall–Kier alpha value is 0.803. The molecule has 2 saturated heterocycles. The van der Waals surface area contributed by atoms with E-state index in [1.54, 1.807) is 0 Å². The van der Waals surface area contributed by atoms with Crippen molar-refractivity contribution in [2.24, 2.45) is 11.8 Å². The predicted octanol–water partition coefficient (Wildman–Crippen LogP) is 19.4. The molecule has 0 aromatic rings. The van der Waals surface area contributed by atoms with Gasteiger partial charge in [0.2, 0.25) is 24.0 Å². The quantitative estimate of drug-likeness (QED) is 0.00420. The summed E-state index contributed by atoms with van der Waals surface area (Å²) < 4.78 is 89.4. The topological polar surface area (TPSA) is 311 Å². The number of allylic oxidation sites excluding steroid dienone is 4. The van der Waals surface area contributed by atoms with Crippen LogP contribution in [0.2, 0.25) is 0 Å². The predicted molar refractivity (Wildman–Crippen MR) is 490 cm³/mol. The van der Waals surface area contributed by atoms with E-state index in [0.29, 0.717) is 50.7 Å². The van der Waals surface area contributed by atoms with Crippen LogP contribution in [0.25, 0.3) is 0 Å². The van der Waals surface area contributed by atoms with Gasteiger partial charge in [0.05, 0.1) is 38.6 Å². The zero-order valence-corrected chi connectivity index (χ0v) is 88.8. The number of rotatable bonds is 72. The Labute approximate surface area is 854 Å². The van der Waals surface area contributed by atoms with Crippen LogP contribution in [0.3, 0.4) is 0 Å². The first-order valence-corrected chi connectivity index (χ1v) is 50.0. The maximum Gasteiger partial charge on any atom is 1.00 e. The molecule has 12 atom stereocenters. The van der Waals surface area contributed by atoms with Crippen LogP contribution in [0.5, 0.6) is 0 Å². The number of amides is 2. The number of carbonyl (C=O) groups is 3. The summed E-state index contributed by atoms with van der Waals surface area (Å²) in [5.41, 5.74) is 0. The number of carbonyl (C=O) groups excluding carboxylic acids is 3. The molecule has 0 spiro atoms. The van der Waals surface area contributed by atoms with E-state index in [-0.39, 0.29) is 155 Å². The fourth-order valence-electron chi connectivity index (χ4n) is 13.3. The average molecular weight is 1940 g/mol. The number of nitrogens with one attached hydrogen (secondary N) is 3. The molecular formula is C89H158Cl6K2N4O19P2. The van der Waals surface area contributed by atoms with Gasteiger partial charge in [-0.3, -0.25) is 46.9 Å². The molecule has 4 N–H and O–H groups in total. The van der Waals surface area contributed by atoms with Crippen LogP contribution in [0.15, 0.2) is 74.9 Å². The van der Waals surface area contributed by atoms with Crippen LogP contribution in [-0.2, 0) is 79.2 Å². The molecule has 2 aliphatic rings. The molecule has 0 radical (unpaired) electrons. The van der Waals surface area contributed by atoms with E-state index < -0.39 is 90.4 Å². The molecule has 2 amide bonds. The van der Waals surface area contributed by atoms with Gasteiger partial charge in [-0.15, -0.1) is 26.3 Å². The largest absolute Gasteiger partial charge is 1.00 e. The standard InChI is InChI=1S/C44H78Cl3N2O8P.C42H78NO8P.C2Cl3N.CH2O3.2K.H/c1-7-12-14-16-17-18-19-20-21-22-23-24-25-27-29-31-38(50)49-39-41(52-35-32-36(6)30-28-26-15-13-8-2)40(57-58(51,53-33-9-3)54-34-10-4)37(11-5)55-42(39)56-43(48)44(45,46)47;1-7-12-14-16-17-18-19-20-21-22-23-24-25-27-29-31-38(44)43-39-41(47-35-32-36(6)30-28-26-15-13-8-2)40(37(11-5)50-42(39)45)51-52(46,48-33-9-3)49-34-10-4;3-2(4,5)1-6;2-1-4-3;;;/h9-10,18-19,36-37,39-42,48H,3-4,7-8,11-17,20-35H2,1-2,5-6H3,(H,49,50);9-10,18-19,36-37,39-42,45H,3-4,7-8,11-17,20-35H2,1-2,5-6H3,(H,43,44);;1,3H;;;/q;;;;2*+1;-1/p-1/b19-18-,48-43?;19-18-;;;;;/t36-,37-,39-,40?,41-,42-;36-,37-,39-,40?,41-,42?;;;;;/m11...../s1. The van der Waals surface area contributed by atoms with Gasteiger partial charge in [0, 0.05) is 26.1 Å². The Morgan fingerprint density at radius 3 is 1.11 bits per heavy atom. The Bertz CT molecular complexity index is 2780. The Morgan fingerprint density at radius 1 is 0.508 bits per heavy atom. The zero-order valence-electron chi connectivity index (χ0n) is 77.2. The van der Waals surface area contributed by atoms with E-state index in [2.05, 4.69) is 108 Å². The molecule has 0 aliphatic carbocycles. The van der Waals surface area contributed by atoms with Crippen LogP contribution < -0.4 is 119 Å². The van der Waals surface area contributed by atoms with Crippen molar-refractivity contribution in [3.63, 3.8) is 0 Å². The molecule has 702 valence electrons. The summed E-state index contributed by atoms with van der Waals surface area (Å²) in [4.78, 5) is 38.1. The second kappa shape index (κ2) is 86.0. The molecule has 122 heavy (non-hydrogen) atoms. The summed E-state index contributed by atoms with van der Waals surface area (Å²) in [5.74, 6) is -0.313. The molecule has 0 saturated carbocycles. The summed E-state index contributed by atoms with van der Waals surface area (Å²) in [6.45, 7) is 31.8. The van der Waals surface area contributed by atoms with E-state index in [9.17, 15) is 23.8 Å². The third-order valence-electron chi connectivity index (χ3n) is 20.1. The van der Waals surface area contributed by atoms with Gasteiger partial charge in [0.15, 0.2) is 6.29 Å². The van der Waals surface area contributed by atoms with Gasteiger partial charge < -0.3 is 51.0 Å². The van der Waals surface area contributed by atoms with Crippen molar-refractivity contribution < 1.29 is 194 Å². The summed E-state index contributed by atoms with van der Waals surface area (Å²) in [7, 11) is -8.34. The van der Waals surface area contributed by atoms with Crippen molar-refractivity contribution in [3.8, 4) is 6.07 Å². The van der Waals surface area contributed by atoms with Gasteiger partial charge in [-0.05, 0) is 102 Å². The van der Waals surface area contributed by atoms with Gasteiger partial charge in [0.25, 0.3) is 14.1 Å². The number of hydrogen-bond donors (Lipinski definition) is 4. The Kier molecular flexibility index (Phi) is 90.9. The maximum atomic E-state index is 14.0. The molecule has 2 aliphatic heterocycles. The molecular weight excluding hydrogens is 1780 g/mol. The summed E-state index contributed by atoms with van der Waals surface area (Å²) in [6.07, 6.45) is 54.7. The maximum absolute atomic E-state index is 14.0. The summed E-state index contributed by atoms with van der Waals surface area (Å²) in [5, 5.41) is 41.7. The van der Waals surface area contributed by atoms with Gasteiger partial charge in [-0.25, -0.2) is 9.13 Å². The molecule has 2 fully saturated rings. The number of phosphoric acid groups is 2. The first kappa shape index (κ1) is 129. The van der Waals surface area contributed by atoms with Crippen LogP contribution >= 0.6 is 85.3 Å². The van der Waals surface area contributed by atoms with E-state index in [4.69, 9.17) is 141 Å². The first-order chi connectivity index (χ1) is 57.6. The van der Waals surface area contributed by atoms with Crippen molar-refractivity contribution >= 4 is 109 Å². The van der Waals surface area contributed by atoms with Crippen LogP contribution in [0.4, 0.5) is 0 Å². The third kappa shape index (κ3) is 70.5. The Balaban J connectivity index is -0.000000666. The van der Waals surface area contributed by atoms with Gasteiger partial charge in [-0.2, -0.15) is 5.26 Å². The monoisotopic (exact) mass is 1940 g/mol. The van der Waals surface area contributed by atoms with Crippen molar-refractivity contribution in [3.05, 3.63) is 74.9 Å². The zero-order chi connectivity index (χ0) is 90.0. The van der Waals surface area contributed by atoms with Gasteiger partial charge in [0.1, 0.15) is 42.6 Å². The van der Waals surface area contributed by atoms with Crippen molar-refractivity contribution in [1.82, 2.24) is 10.6 Å². The van der Waals surface area contributed by atoms with Crippen molar-refractivity contribution in [2.45, 2.75) is 407 Å². The van der Waals surface area contributed by atoms with Crippen molar-refractivity contribution in [2.75, 3.05) is 39.6 Å². The van der Waals surface area contributed by atoms with Gasteiger partial charge >= 0.3 is 118 Å². The number of ether oxygens (including phenoxy) is 5. The van der Waals surface area contributed by atoms with Crippen molar-refractivity contribution in [1.29, 1.82) is 10.7 Å². The number of aliphatic hydroxyl groups excluding tert-OH is 1. The number of nitrogens with zero attached hydrogens (tertiary/aromatic N) is 1. The minimum atomic E-state index is -4.23. The minimum Gasteiger partial charge on any atom is -1.00 e. The van der Waals surface area contributed by atoms with Crippen LogP contribution in [-0.4, -0.2) is 138 Å². The van der Waals surface area contributed by atoms with E-state index in [1.165, 1.54) is 204 Å². The third-order valence-corrected chi connectivity index (χ3v) is 23.7. The second-order valence-corrected chi connectivity index (χ2v) is 38.6. The molecule has 2 heterocycles. The van der Waals surface area contributed by atoms with Crippen LogP contribution in [0, 0.1) is 28.6 Å². The first-order valence-electron chi connectivity index (χ1n) is 44.8. The molecule has 3 unspecified atom stereocenters. The number of alkyl halides is 6. The van der Waals surface area contributed by atoms with Gasteiger partial charge in [-0.1, -0.05) is 353 Å². The normalized spacial score (nSPS) is 19.6. The second-order valence-electron chi connectivity index (χ2n) is 30.8. The number of unbranched alkanes of at least 4 members (excludes halogenated alkanes) is 30. The molecule has 33 heteroatoms. The number of aliphatic hydroxyl groups is 1. The number of hydrogen-bond acceptors (Lipinski definition) is 21. The smallest absolute Gasteiger partial charge is 1.00 e. The van der Waals surface area contributed by atoms with E-state index >= 15 is 0 Å². The number of nitriles is 1. The Morgan fingerprint density at radius 2 is 0.803 bits per heavy atom. The molecule has 0 bridgehead atoms. The van der Waals surface area contributed by atoms with Crippen LogP contribution in [0.1, 0.15) is 339 Å². The molecule has 0 aromatic carbocycles. The number of phosphoric ester groups is 2. The molecule has 0 aromatic heterocycles. The van der Waals surface area contributed by atoms with E-state index in [0.717, 1.165) is 77.0 Å². The summed E-state index contributed by atoms with van der Waals surface area (Å²) in [6, 6.07) is -0.574. The summed E-state index contributed by atoms with van der Waals surface area (Å²) >= 11 is 32.8. The molecule has 2 rings (SSSR count). The SMILES string of the molecule is C=CCOP(=O)(OCC=C)OC1[C@@H](CC)OC(O)[C@H](NC(=O)CCCCCCCCC/C=C\CCCCCC)[C@H]1OCC[C@H](C)CCCCCCC.C=CCOP(=O)(OCC=C)OC1[C@@H](CC)O[C@H](OC(=N)C(Cl)(Cl)Cl)[C@H](NC(=O)CCCCCCCCC/C=C\CCCCCC)[C@H]1OCC[C@H](C)CCCCCCC.N#CC(Cl)(Cl)Cl.O=CO[O-].[H-].[K+].[K+]. The van der Waals surface area contributed by atoms with E-state index in [1.807, 2.05) is 13.8 Å². The molecule has 23 nitrogen and oxygen atoms in total. The average Bonchev–Trinajstić information content (AvgIpc) is 0.782.